The number of hydrogen-bond acceptors (Lipinski definition) is 4. The minimum absolute atomic E-state index is 0.785. The van der Waals surface area contributed by atoms with Crippen molar-refractivity contribution in [2.45, 2.75) is 19.8 Å². The minimum atomic E-state index is 0.785. The Morgan fingerprint density at radius 1 is 1.38 bits per heavy atom. The largest absolute Gasteiger partial charge is 0.469 e. The molecule has 0 atom stereocenters. The molecule has 0 saturated carbocycles. The number of aryl methyl sites for hydroxylation is 1. The van der Waals surface area contributed by atoms with Crippen molar-refractivity contribution in [3.63, 3.8) is 0 Å². The van der Waals surface area contributed by atoms with Crippen molar-refractivity contribution in [3.05, 3.63) is 18.1 Å². The Labute approximate surface area is 93.5 Å². The van der Waals surface area contributed by atoms with Crippen LogP contribution in [0.25, 0.3) is 11.4 Å². The summed E-state index contributed by atoms with van der Waals surface area (Å²) in [6.45, 7) is 4.04. The van der Waals surface area contributed by atoms with Gasteiger partial charge in [-0.25, -0.2) is 0 Å². The first-order valence-corrected chi connectivity index (χ1v) is 5.56. The summed E-state index contributed by atoms with van der Waals surface area (Å²) in [5.74, 6) is 2.45. The molecule has 16 heavy (non-hydrogen) atoms. The highest BCUT2D eigenvalue weighted by Crippen LogP contribution is 2.23. The standard InChI is InChI=1S/C11H14N4O/c1-8-9(4-7-16-8)10-12-11(14-13-10)15-5-2-3-6-15/h4,7H,2-3,5-6H2,1H3,(H,12,13,14). The Bertz CT molecular complexity index is 482. The van der Waals surface area contributed by atoms with Gasteiger partial charge >= 0.3 is 0 Å². The molecule has 5 nitrogen and oxygen atoms in total. The van der Waals surface area contributed by atoms with Crippen LogP contribution in [-0.2, 0) is 0 Å². The molecule has 1 aliphatic rings. The lowest BCUT2D eigenvalue weighted by molar-refractivity contribution is 0.535. The number of nitrogens with zero attached hydrogens (tertiary/aromatic N) is 3. The van der Waals surface area contributed by atoms with Crippen LogP contribution in [0.5, 0.6) is 0 Å². The maximum Gasteiger partial charge on any atom is 0.245 e. The Morgan fingerprint density at radius 3 is 2.88 bits per heavy atom. The van der Waals surface area contributed by atoms with Crippen LogP contribution in [0.15, 0.2) is 16.7 Å². The average molecular weight is 218 g/mol. The van der Waals surface area contributed by atoms with Crippen LogP contribution in [0, 0.1) is 6.92 Å². The number of rotatable bonds is 2. The summed E-state index contributed by atoms with van der Waals surface area (Å²) in [4.78, 5) is 6.70. The highest BCUT2D eigenvalue weighted by Gasteiger charge is 2.17. The highest BCUT2D eigenvalue weighted by atomic mass is 16.3. The Balaban J connectivity index is 1.90. The van der Waals surface area contributed by atoms with Gasteiger partial charge in [-0.1, -0.05) is 0 Å². The molecule has 3 heterocycles. The zero-order valence-electron chi connectivity index (χ0n) is 9.23. The van der Waals surface area contributed by atoms with E-state index in [9.17, 15) is 0 Å². The van der Waals surface area contributed by atoms with E-state index in [2.05, 4.69) is 20.1 Å². The smallest absolute Gasteiger partial charge is 0.245 e. The lowest BCUT2D eigenvalue weighted by Gasteiger charge is -2.10. The van der Waals surface area contributed by atoms with E-state index in [0.717, 1.165) is 36.2 Å². The fourth-order valence-electron chi connectivity index (χ4n) is 2.06. The molecule has 0 aromatic carbocycles. The zero-order valence-corrected chi connectivity index (χ0v) is 9.23. The van der Waals surface area contributed by atoms with E-state index < -0.39 is 0 Å². The van der Waals surface area contributed by atoms with E-state index in [4.69, 9.17) is 4.42 Å². The van der Waals surface area contributed by atoms with Crippen LogP contribution < -0.4 is 4.90 Å². The molecule has 0 radical (unpaired) electrons. The summed E-state index contributed by atoms with van der Waals surface area (Å²) in [5.41, 5.74) is 0.984. The van der Waals surface area contributed by atoms with Gasteiger partial charge < -0.3 is 9.32 Å². The van der Waals surface area contributed by atoms with E-state index in [1.165, 1.54) is 12.8 Å². The van der Waals surface area contributed by atoms with Crippen molar-refractivity contribution in [2.75, 3.05) is 18.0 Å². The van der Waals surface area contributed by atoms with Crippen LogP contribution in [0.3, 0.4) is 0 Å². The van der Waals surface area contributed by atoms with Gasteiger partial charge in [-0.3, -0.25) is 5.10 Å². The fraction of sp³-hybridized carbons (Fsp3) is 0.455. The first-order chi connectivity index (χ1) is 7.84. The maximum absolute atomic E-state index is 5.25. The molecule has 0 unspecified atom stereocenters. The van der Waals surface area contributed by atoms with Gasteiger partial charge in [0.15, 0.2) is 5.82 Å². The predicted octanol–water partition coefficient (Wildman–Crippen LogP) is 1.97. The van der Waals surface area contributed by atoms with Gasteiger partial charge in [0.2, 0.25) is 5.95 Å². The number of aromatic nitrogens is 3. The quantitative estimate of drug-likeness (QED) is 0.837. The Morgan fingerprint density at radius 2 is 2.19 bits per heavy atom. The lowest BCUT2D eigenvalue weighted by Crippen LogP contribution is -2.18. The van der Waals surface area contributed by atoms with Gasteiger partial charge in [-0.15, -0.1) is 5.10 Å². The molecule has 0 amide bonds. The summed E-state index contributed by atoms with van der Waals surface area (Å²) in [6, 6.07) is 1.91. The zero-order chi connectivity index (χ0) is 11.0. The second-order valence-corrected chi connectivity index (χ2v) is 4.07. The molecule has 1 saturated heterocycles. The molecule has 1 fully saturated rings. The van der Waals surface area contributed by atoms with Crippen molar-refractivity contribution >= 4 is 5.95 Å². The predicted molar refractivity (Wildman–Crippen MR) is 60.3 cm³/mol. The maximum atomic E-state index is 5.25. The molecule has 1 aliphatic heterocycles. The van der Waals surface area contributed by atoms with Gasteiger partial charge in [0.05, 0.1) is 11.8 Å². The Kier molecular flexibility index (Phi) is 2.16. The molecular formula is C11H14N4O. The lowest BCUT2D eigenvalue weighted by atomic mass is 10.2. The van der Waals surface area contributed by atoms with Crippen LogP contribution in [0.1, 0.15) is 18.6 Å². The van der Waals surface area contributed by atoms with Gasteiger partial charge in [-0.2, -0.15) is 4.98 Å². The third-order valence-corrected chi connectivity index (χ3v) is 2.98. The molecule has 3 rings (SSSR count). The number of H-pyrrole nitrogens is 1. The number of hydrogen-bond donors (Lipinski definition) is 1. The number of furan rings is 1. The molecule has 2 aromatic rings. The van der Waals surface area contributed by atoms with Crippen molar-refractivity contribution in [2.24, 2.45) is 0 Å². The first-order valence-electron chi connectivity index (χ1n) is 5.56. The van der Waals surface area contributed by atoms with E-state index >= 15 is 0 Å². The second-order valence-electron chi connectivity index (χ2n) is 4.07. The normalized spacial score (nSPS) is 15.9. The van der Waals surface area contributed by atoms with Crippen molar-refractivity contribution in [3.8, 4) is 11.4 Å². The topological polar surface area (TPSA) is 58.0 Å². The molecule has 84 valence electrons. The van der Waals surface area contributed by atoms with Gasteiger partial charge in [0.25, 0.3) is 0 Å². The van der Waals surface area contributed by atoms with Crippen LogP contribution in [0.4, 0.5) is 5.95 Å². The van der Waals surface area contributed by atoms with Crippen molar-refractivity contribution < 1.29 is 4.42 Å². The summed E-state index contributed by atoms with van der Waals surface area (Å²) >= 11 is 0. The SMILES string of the molecule is Cc1occc1-c1nc(N2CCCC2)n[nH]1. The summed E-state index contributed by atoms with van der Waals surface area (Å²) < 4.78 is 5.25. The van der Waals surface area contributed by atoms with Crippen LogP contribution in [0.2, 0.25) is 0 Å². The van der Waals surface area contributed by atoms with E-state index in [-0.39, 0.29) is 0 Å². The molecule has 0 bridgehead atoms. The first kappa shape index (κ1) is 9.45. The van der Waals surface area contributed by atoms with Gasteiger partial charge in [0, 0.05) is 13.1 Å². The van der Waals surface area contributed by atoms with Gasteiger partial charge in [-0.05, 0) is 25.8 Å². The fourth-order valence-corrected chi connectivity index (χ4v) is 2.06. The molecule has 0 spiro atoms. The Hall–Kier alpha value is -1.78. The molecule has 2 aromatic heterocycles. The monoisotopic (exact) mass is 218 g/mol. The van der Waals surface area contributed by atoms with Crippen molar-refractivity contribution in [1.82, 2.24) is 15.2 Å². The van der Waals surface area contributed by atoms with E-state index in [1.54, 1.807) is 6.26 Å². The van der Waals surface area contributed by atoms with Crippen LogP contribution >= 0.6 is 0 Å². The van der Waals surface area contributed by atoms with Crippen molar-refractivity contribution in [1.29, 1.82) is 0 Å². The molecule has 1 N–H and O–H groups in total. The number of anilines is 1. The summed E-state index contributed by atoms with van der Waals surface area (Å²) in [5, 5.41) is 7.21. The van der Waals surface area contributed by atoms with E-state index in [1.807, 2.05) is 13.0 Å². The highest BCUT2D eigenvalue weighted by molar-refractivity contribution is 5.58. The number of nitrogens with one attached hydrogen (secondary N) is 1. The number of aromatic amines is 1. The van der Waals surface area contributed by atoms with Gasteiger partial charge in [0.1, 0.15) is 5.76 Å². The van der Waals surface area contributed by atoms with E-state index in [0.29, 0.717) is 0 Å². The average Bonchev–Trinajstić information content (AvgIpc) is 2.96. The third kappa shape index (κ3) is 1.48. The summed E-state index contributed by atoms with van der Waals surface area (Å²) in [7, 11) is 0. The molecular weight excluding hydrogens is 204 g/mol. The second kappa shape index (κ2) is 3.66. The molecule has 5 heteroatoms. The molecule has 0 aliphatic carbocycles. The summed E-state index contributed by atoms with van der Waals surface area (Å²) in [6.07, 6.45) is 4.13. The minimum Gasteiger partial charge on any atom is -0.469 e. The third-order valence-electron chi connectivity index (χ3n) is 2.98. The van der Waals surface area contributed by atoms with Crippen LogP contribution in [-0.4, -0.2) is 28.3 Å².